The zero-order valence-corrected chi connectivity index (χ0v) is 10.4. The lowest BCUT2D eigenvalue weighted by Crippen LogP contribution is -2.48. The molecule has 2 saturated heterocycles. The summed E-state index contributed by atoms with van der Waals surface area (Å²) in [6.45, 7) is 0.765. The second kappa shape index (κ2) is 5.21. The van der Waals surface area contributed by atoms with E-state index in [1.165, 1.54) is 0 Å². The van der Waals surface area contributed by atoms with Crippen LogP contribution in [0, 0.1) is 0 Å². The molecule has 2 fully saturated rings. The van der Waals surface area contributed by atoms with Gasteiger partial charge in [0.2, 0.25) is 0 Å². The van der Waals surface area contributed by atoms with Gasteiger partial charge in [-0.05, 0) is 18.4 Å². The summed E-state index contributed by atoms with van der Waals surface area (Å²) in [7, 11) is 0. The monoisotopic (exact) mass is 246 g/mol. The molecule has 0 aromatic heterocycles. The van der Waals surface area contributed by atoms with Gasteiger partial charge in [-0.25, -0.2) is 0 Å². The van der Waals surface area contributed by atoms with Crippen LogP contribution in [0.5, 0.6) is 0 Å². The summed E-state index contributed by atoms with van der Waals surface area (Å²) >= 11 is 0. The first kappa shape index (κ1) is 11.9. The predicted molar refractivity (Wildman–Crippen MR) is 67.4 cm³/mol. The van der Waals surface area contributed by atoms with Gasteiger partial charge >= 0.3 is 0 Å². The van der Waals surface area contributed by atoms with Gasteiger partial charge in [-0.2, -0.15) is 0 Å². The molecule has 3 nitrogen and oxygen atoms in total. The van der Waals surface area contributed by atoms with Crippen molar-refractivity contribution in [3.8, 4) is 0 Å². The van der Waals surface area contributed by atoms with Crippen molar-refractivity contribution in [2.45, 2.75) is 44.0 Å². The van der Waals surface area contributed by atoms with Gasteiger partial charge in [-0.1, -0.05) is 30.3 Å². The Kier molecular flexibility index (Phi) is 3.43. The minimum Gasteiger partial charge on any atom is -0.375 e. The third-order valence-corrected chi connectivity index (χ3v) is 3.74. The molecule has 0 saturated carbocycles. The lowest BCUT2D eigenvalue weighted by molar-refractivity contribution is -0.176. The van der Waals surface area contributed by atoms with Crippen LogP contribution < -0.4 is 0 Å². The zero-order chi connectivity index (χ0) is 12.4. The summed E-state index contributed by atoms with van der Waals surface area (Å²) in [5, 5.41) is 0. The molecule has 1 aromatic rings. The van der Waals surface area contributed by atoms with E-state index in [0.717, 1.165) is 25.0 Å². The van der Waals surface area contributed by atoms with Crippen LogP contribution in [0.15, 0.2) is 30.3 Å². The molecule has 2 aliphatic rings. The van der Waals surface area contributed by atoms with Gasteiger partial charge in [0.05, 0.1) is 12.2 Å². The summed E-state index contributed by atoms with van der Waals surface area (Å²) in [5.74, 6) is 0.182. The van der Waals surface area contributed by atoms with E-state index in [2.05, 4.69) is 0 Å². The highest BCUT2D eigenvalue weighted by Crippen LogP contribution is 2.28. The third kappa shape index (κ3) is 2.47. The molecule has 1 aromatic carbocycles. The number of ether oxygens (including phenoxy) is 2. The van der Waals surface area contributed by atoms with Crippen molar-refractivity contribution in [2.24, 2.45) is 0 Å². The van der Waals surface area contributed by atoms with Gasteiger partial charge in [0.1, 0.15) is 6.10 Å². The lowest BCUT2D eigenvalue weighted by atomic mass is 9.92. The lowest BCUT2D eigenvalue weighted by Gasteiger charge is -2.38. The number of Topliss-reactive ketones (excluding diaryl/α,β-unsaturated/α-hetero) is 1. The largest absolute Gasteiger partial charge is 0.375 e. The van der Waals surface area contributed by atoms with Crippen molar-refractivity contribution < 1.29 is 14.3 Å². The molecule has 3 heteroatoms. The number of carbonyl (C=O) groups excluding carboxylic acids is 1. The molecule has 0 spiro atoms. The molecule has 3 rings (SSSR count). The second-order valence-electron chi connectivity index (χ2n) is 5.07. The average Bonchev–Trinajstić information content (AvgIpc) is 2.41. The molecule has 0 aliphatic carbocycles. The fourth-order valence-electron chi connectivity index (χ4n) is 2.77. The van der Waals surface area contributed by atoms with E-state index in [0.29, 0.717) is 12.8 Å². The molecular weight excluding hydrogens is 228 g/mol. The topological polar surface area (TPSA) is 35.5 Å². The maximum Gasteiger partial charge on any atom is 0.164 e. The summed E-state index contributed by atoms with van der Waals surface area (Å²) in [4.78, 5) is 12.0. The molecular formula is C15H18O3. The van der Waals surface area contributed by atoms with E-state index in [1.54, 1.807) is 0 Å². The molecule has 18 heavy (non-hydrogen) atoms. The predicted octanol–water partition coefficient (Wildman–Crippen LogP) is 2.13. The first-order valence-corrected chi connectivity index (χ1v) is 6.66. The molecule has 0 N–H and O–H groups in total. The Morgan fingerprint density at radius 3 is 2.83 bits per heavy atom. The highest BCUT2D eigenvalue weighted by Gasteiger charge is 2.38. The first-order valence-electron chi connectivity index (χ1n) is 6.66. The van der Waals surface area contributed by atoms with Crippen molar-refractivity contribution in [1.29, 1.82) is 0 Å². The highest BCUT2D eigenvalue weighted by atomic mass is 16.6. The van der Waals surface area contributed by atoms with Crippen LogP contribution in [0.2, 0.25) is 0 Å². The molecule has 0 radical (unpaired) electrons. The second-order valence-corrected chi connectivity index (χ2v) is 5.07. The number of benzene rings is 1. The van der Waals surface area contributed by atoms with Crippen LogP contribution in [0.3, 0.4) is 0 Å². The first-order chi connectivity index (χ1) is 8.83. The van der Waals surface area contributed by atoms with Crippen molar-refractivity contribution in [1.82, 2.24) is 0 Å². The van der Waals surface area contributed by atoms with Crippen LogP contribution in [0.25, 0.3) is 0 Å². The van der Waals surface area contributed by atoms with Crippen LogP contribution in [0.1, 0.15) is 24.8 Å². The molecule has 0 unspecified atom stereocenters. The van der Waals surface area contributed by atoms with Gasteiger partial charge in [-0.3, -0.25) is 4.79 Å². The maximum atomic E-state index is 12.0. The average molecular weight is 246 g/mol. The molecule has 3 atom stereocenters. The van der Waals surface area contributed by atoms with Crippen molar-refractivity contribution in [3.63, 3.8) is 0 Å². The quantitative estimate of drug-likeness (QED) is 0.802. The number of hydrogen-bond acceptors (Lipinski definition) is 3. The van der Waals surface area contributed by atoms with Gasteiger partial charge in [0, 0.05) is 19.4 Å². The van der Waals surface area contributed by atoms with E-state index in [1.807, 2.05) is 30.3 Å². The highest BCUT2D eigenvalue weighted by molar-refractivity contribution is 5.84. The van der Waals surface area contributed by atoms with E-state index < -0.39 is 0 Å². The van der Waals surface area contributed by atoms with E-state index in [4.69, 9.17) is 9.47 Å². The molecule has 2 heterocycles. The Bertz CT molecular complexity index is 415. The fraction of sp³-hybridized carbons (Fsp3) is 0.533. The summed E-state index contributed by atoms with van der Waals surface area (Å²) < 4.78 is 11.5. The Morgan fingerprint density at radius 1 is 1.17 bits per heavy atom. The van der Waals surface area contributed by atoms with Crippen LogP contribution in [0.4, 0.5) is 0 Å². The Hall–Kier alpha value is -1.19. The van der Waals surface area contributed by atoms with Gasteiger partial charge in [0.15, 0.2) is 5.78 Å². The van der Waals surface area contributed by atoms with Crippen LogP contribution in [-0.4, -0.2) is 30.7 Å². The minimum absolute atomic E-state index is 0.00160. The molecule has 96 valence electrons. The van der Waals surface area contributed by atoms with E-state index in [9.17, 15) is 4.79 Å². The normalized spacial score (nSPS) is 32.0. The van der Waals surface area contributed by atoms with E-state index in [-0.39, 0.29) is 24.1 Å². The number of rotatable bonds is 2. The Labute approximate surface area is 107 Å². The van der Waals surface area contributed by atoms with E-state index >= 15 is 0 Å². The van der Waals surface area contributed by atoms with Crippen molar-refractivity contribution in [3.05, 3.63) is 35.9 Å². The van der Waals surface area contributed by atoms with Crippen LogP contribution in [-0.2, 0) is 20.7 Å². The number of ketones is 1. The molecule has 0 amide bonds. The number of hydrogen-bond donors (Lipinski definition) is 0. The smallest absolute Gasteiger partial charge is 0.164 e. The van der Waals surface area contributed by atoms with Gasteiger partial charge < -0.3 is 9.47 Å². The standard InChI is InChI=1S/C15H18O3/c16-12-10-15-13(7-4-8-17-15)18-14(12)9-11-5-2-1-3-6-11/h1-3,5-6,13-15H,4,7-10H2/t13-,14+,15+/m1/s1. The van der Waals surface area contributed by atoms with Crippen molar-refractivity contribution >= 4 is 5.78 Å². The van der Waals surface area contributed by atoms with Crippen LogP contribution >= 0.6 is 0 Å². The SMILES string of the molecule is O=C1C[C@@H]2OCCC[C@H]2O[C@H]1Cc1ccccc1. The summed E-state index contributed by atoms with van der Waals surface area (Å²) in [6, 6.07) is 10.1. The van der Waals surface area contributed by atoms with Gasteiger partial charge in [-0.15, -0.1) is 0 Å². The maximum absolute atomic E-state index is 12.0. The minimum atomic E-state index is -0.282. The number of carbonyl (C=O) groups is 1. The third-order valence-electron chi connectivity index (χ3n) is 3.74. The van der Waals surface area contributed by atoms with Gasteiger partial charge in [0.25, 0.3) is 0 Å². The molecule has 2 aliphatic heterocycles. The Balaban J connectivity index is 1.67. The number of fused-ring (bicyclic) bond motifs is 1. The molecule has 0 bridgehead atoms. The summed E-state index contributed by atoms with van der Waals surface area (Å²) in [5.41, 5.74) is 1.16. The zero-order valence-electron chi connectivity index (χ0n) is 10.4. The fourth-order valence-corrected chi connectivity index (χ4v) is 2.77. The summed E-state index contributed by atoms with van der Waals surface area (Å²) in [6.07, 6.45) is 3.08. The van der Waals surface area contributed by atoms with Crippen molar-refractivity contribution in [2.75, 3.05) is 6.61 Å². The Morgan fingerprint density at radius 2 is 2.00 bits per heavy atom.